The zero-order chi connectivity index (χ0) is 14.2. The molecule has 0 saturated carbocycles. The highest BCUT2D eigenvalue weighted by Gasteiger charge is 2.04. The normalized spacial score (nSPS) is 11.9. The second-order valence-corrected chi connectivity index (χ2v) is 5.83. The molecule has 0 amide bonds. The summed E-state index contributed by atoms with van der Waals surface area (Å²) in [5.74, 6) is 7.66. The monoisotopic (exact) mass is 264 g/mol. The molecule has 0 rings (SSSR count). The van der Waals surface area contributed by atoms with Crippen molar-refractivity contribution in [1.82, 2.24) is 0 Å². The summed E-state index contributed by atoms with van der Waals surface area (Å²) < 4.78 is 0. The van der Waals surface area contributed by atoms with Crippen molar-refractivity contribution >= 4 is 0 Å². The van der Waals surface area contributed by atoms with Crippen LogP contribution in [0.15, 0.2) is 0 Å². The van der Waals surface area contributed by atoms with Gasteiger partial charge in [-0.05, 0) is 25.2 Å². The van der Waals surface area contributed by atoms with E-state index in [-0.39, 0.29) is 0 Å². The molecular weight excluding hydrogens is 228 g/mol. The van der Waals surface area contributed by atoms with E-state index in [9.17, 15) is 0 Å². The minimum absolute atomic E-state index is 0.954. The van der Waals surface area contributed by atoms with Crippen molar-refractivity contribution in [3.8, 4) is 11.8 Å². The lowest BCUT2D eigenvalue weighted by atomic mass is 9.94. The molecule has 0 N–H and O–H groups in total. The summed E-state index contributed by atoms with van der Waals surface area (Å²) >= 11 is 0. The first-order valence-electron chi connectivity index (χ1n) is 8.80. The summed E-state index contributed by atoms with van der Waals surface area (Å²) in [7, 11) is 0. The number of unbranched alkanes of at least 4 members (excludes halogenated alkanes) is 7. The average molecular weight is 264 g/mol. The van der Waals surface area contributed by atoms with Crippen molar-refractivity contribution in [3.63, 3.8) is 0 Å². The zero-order valence-electron chi connectivity index (χ0n) is 13.8. The molecule has 0 bridgehead atoms. The van der Waals surface area contributed by atoms with Crippen LogP contribution >= 0.6 is 0 Å². The summed E-state index contributed by atoms with van der Waals surface area (Å²) in [4.78, 5) is 0. The molecule has 0 heteroatoms. The van der Waals surface area contributed by atoms with Crippen molar-refractivity contribution in [2.24, 2.45) is 5.92 Å². The predicted octanol–water partition coefficient (Wildman–Crippen LogP) is 6.74. The molecule has 0 aliphatic rings. The van der Waals surface area contributed by atoms with Gasteiger partial charge in [0.2, 0.25) is 0 Å². The molecule has 0 radical (unpaired) electrons. The Balaban J connectivity index is 3.37. The van der Waals surface area contributed by atoms with E-state index >= 15 is 0 Å². The third-order valence-corrected chi connectivity index (χ3v) is 3.99. The zero-order valence-corrected chi connectivity index (χ0v) is 13.8. The summed E-state index contributed by atoms with van der Waals surface area (Å²) in [6.07, 6.45) is 17.3. The Bertz CT molecular complexity index is 218. The van der Waals surface area contributed by atoms with Crippen molar-refractivity contribution in [2.45, 2.75) is 104 Å². The lowest BCUT2D eigenvalue weighted by Crippen LogP contribution is -1.98. The molecule has 0 aliphatic carbocycles. The molecule has 0 aliphatic heterocycles. The van der Waals surface area contributed by atoms with Crippen LogP contribution in [0.25, 0.3) is 0 Å². The van der Waals surface area contributed by atoms with Gasteiger partial charge in [0.1, 0.15) is 0 Å². The van der Waals surface area contributed by atoms with Gasteiger partial charge in [-0.2, -0.15) is 0 Å². The molecule has 1 atom stereocenters. The molecule has 0 aromatic rings. The van der Waals surface area contributed by atoms with Gasteiger partial charge in [0.15, 0.2) is 0 Å². The van der Waals surface area contributed by atoms with E-state index in [2.05, 4.69) is 32.6 Å². The molecule has 0 spiro atoms. The molecule has 0 saturated heterocycles. The van der Waals surface area contributed by atoms with Gasteiger partial charge in [0, 0.05) is 12.8 Å². The van der Waals surface area contributed by atoms with Crippen LogP contribution in [-0.2, 0) is 0 Å². The molecule has 0 nitrogen and oxygen atoms in total. The van der Waals surface area contributed by atoms with Gasteiger partial charge in [0.25, 0.3) is 0 Å². The lowest BCUT2D eigenvalue weighted by Gasteiger charge is -2.12. The SMILES string of the molecule is CCCCCCCC#CCCCC(CC)CCCC. The largest absolute Gasteiger partial charge is 0.103 e. The standard InChI is InChI=1S/C19H36/c1-4-7-9-10-11-12-13-14-15-16-18-19(6-3)17-8-5-2/h19H,4-12,15-18H2,1-3H3. The van der Waals surface area contributed by atoms with E-state index in [1.807, 2.05) is 0 Å². The molecule has 112 valence electrons. The number of rotatable bonds is 12. The van der Waals surface area contributed by atoms with Crippen LogP contribution in [0.1, 0.15) is 104 Å². The van der Waals surface area contributed by atoms with E-state index in [1.165, 1.54) is 70.6 Å². The maximum atomic E-state index is 3.36. The minimum Gasteiger partial charge on any atom is -0.103 e. The van der Waals surface area contributed by atoms with Crippen LogP contribution < -0.4 is 0 Å². The Kier molecular flexibility index (Phi) is 15.3. The van der Waals surface area contributed by atoms with Crippen LogP contribution in [0.2, 0.25) is 0 Å². The fourth-order valence-corrected chi connectivity index (χ4v) is 2.52. The summed E-state index contributed by atoms with van der Waals surface area (Å²) in [5.41, 5.74) is 0. The van der Waals surface area contributed by atoms with Crippen LogP contribution in [0, 0.1) is 17.8 Å². The van der Waals surface area contributed by atoms with Crippen LogP contribution in [0.5, 0.6) is 0 Å². The molecule has 0 aromatic heterocycles. The first kappa shape index (κ1) is 18.6. The first-order chi connectivity index (χ1) is 9.35. The molecule has 0 aromatic carbocycles. The highest BCUT2D eigenvalue weighted by atomic mass is 14.1. The van der Waals surface area contributed by atoms with E-state index in [0.29, 0.717) is 0 Å². The lowest BCUT2D eigenvalue weighted by molar-refractivity contribution is 0.412. The summed E-state index contributed by atoms with van der Waals surface area (Å²) in [6, 6.07) is 0. The van der Waals surface area contributed by atoms with Crippen molar-refractivity contribution in [1.29, 1.82) is 0 Å². The highest BCUT2D eigenvalue weighted by molar-refractivity contribution is 4.98. The third kappa shape index (κ3) is 13.8. The highest BCUT2D eigenvalue weighted by Crippen LogP contribution is 2.18. The number of hydrogen-bond donors (Lipinski definition) is 0. The predicted molar refractivity (Wildman–Crippen MR) is 88.3 cm³/mol. The molecular formula is C19H36. The van der Waals surface area contributed by atoms with Crippen molar-refractivity contribution in [2.75, 3.05) is 0 Å². The van der Waals surface area contributed by atoms with Gasteiger partial charge in [-0.15, -0.1) is 11.8 Å². The number of hydrogen-bond acceptors (Lipinski definition) is 0. The smallest absolute Gasteiger partial charge is 0.00887 e. The van der Waals surface area contributed by atoms with E-state index < -0.39 is 0 Å². The Morgan fingerprint density at radius 3 is 1.84 bits per heavy atom. The molecule has 1 unspecified atom stereocenters. The van der Waals surface area contributed by atoms with Gasteiger partial charge in [-0.25, -0.2) is 0 Å². The Labute approximate surface area is 122 Å². The second kappa shape index (κ2) is 15.6. The van der Waals surface area contributed by atoms with Crippen molar-refractivity contribution < 1.29 is 0 Å². The van der Waals surface area contributed by atoms with Gasteiger partial charge in [0.05, 0.1) is 0 Å². The Morgan fingerprint density at radius 2 is 1.21 bits per heavy atom. The van der Waals surface area contributed by atoms with E-state index in [4.69, 9.17) is 0 Å². The van der Waals surface area contributed by atoms with Gasteiger partial charge in [-0.1, -0.05) is 72.1 Å². The fourth-order valence-electron chi connectivity index (χ4n) is 2.52. The molecule has 19 heavy (non-hydrogen) atoms. The maximum Gasteiger partial charge on any atom is 0.00887 e. The topological polar surface area (TPSA) is 0 Å². The minimum atomic E-state index is 0.954. The van der Waals surface area contributed by atoms with Crippen LogP contribution in [-0.4, -0.2) is 0 Å². The van der Waals surface area contributed by atoms with Gasteiger partial charge in [-0.3, -0.25) is 0 Å². The molecule has 0 fully saturated rings. The average Bonchev–Trinajstić information content (AvgIpc) is 2.44. The second-order valence-electron chi connectivity index (χ2n) is 5.83. The Morgan fingerprint density at radius 1 is 0.632 bits per heavy atom. The van der Waals surface area contributed by atoms with Crippen LogP contribution in [0.4, 0.5) is 0 Å². The van der Waals surface area contributed by atoms with Crippen molar-refractivity contribution in [3.05, 3.63) is 0 Å². The Hall–Kier alpha value is -0.440. The van der Waals surface area contributed by atoms with E-state index in [0.717, 1.165) is 18.8 Å². The maximum absolute atomic E-state index is 3.36. The van der Waals surface area contributed by atoms with E-state index in [1.54, 1.807) is 0 Å². The fraction of sp³-hybridized carbons (Fsp3) is 0.895. The molecule has 0 heterocycles. The van der Waals surface area contributed by atoms with Gasteiger partial charge >= 0.3 is 0 Å². The summed E-state index contributed by atoms with van der Waals surface area (Å²) in [6.45, 7) is 6.89. The van der Waals surface area contributed by atoms with Crippen LogP contribution in [0.3, 0.4) is 0 Å². The van der Waals surface area contributed by atoms with Gasteiger partial charge < -0.3 is 0 Å². The quantitative estimate of drug-likeness (QED) is 0.270. The third-order valence-electron chi connectivity index (χ3n) is 3.99. The first-order valence-corrected chi connectivity index (χ1v) is 8.80. The summed E-state index contributed by atoms with van der Waals surface area (Å²) in [5, 5.41) is 0.